The zero-order chi connectivity index (χ0) is 49.8. The summed E-state index contributed by atoms with van der Waals surface area (Å²) >= 11 is 0. The lowest BCUT2D eigenvalue weighted by Gasteiger charge is -2.28. The molecule has 0 fully saturated rings. The second kappa shape index (κ2) is 15.3. The van der Waals surface area contributed by atoms with E-state index in [1.165, 1.54) is 55.6 Å². The second-order valence-corrected chi connectivity index (χ2v) is 21.9. The molecule has 0 bridgehead atoms. The minimum Gasteiger partial charge on any atom is -0.456 e. The highest BCUT2D eigenvalue weighted by atomic mass is 16.3. The maximum atomic E-state index is 6.80. The van der Waals surface area contributed by atoms with Gasteiger partial charge in [0.05, 0.1) is 0 Å². The third kappa shape index (κ3) is 6.15. The Bertz CT molecular complexity index is 4250. The van der Waals surface area contributed by atoms with E-state index in [0.717, 1.165) is 99.5 Å². The summed E-state index contributed by atoms with van der Waals surface area (Å²) in [5.41, 5.74) is 23.2. The topological polar surface area (TPSA) is 32.8 Å². The van der Waals surface area contributed by atoms with E-state index in [0.29, 0.717) is 0 Å². The first-order valence-corrected chi connectivity index (χ1v) is 25.9. The number of aryl methyl sites for hydroxylation is 2. The number of benzene rings is 11. The smallest absolute Gasteiger partial charge is 0.136 e. The maximum Gasteiger partial charge on any atom is 0.136 e. The summed E-state index contributed by atoms with van der Waals surface area (Å²) in [6, 6.07) is 76.1. The molecule has 2 aliphatic carbocycles. The van der Waals surface area contributed by atoms with Gasteiger partial charge in [0.2, 0.25) is 0 Å². The van der Waals surface area contributed by atoms with Gasteiger partial charge in [-0.25, -0.2) is 0 Å². The lowest BCUT2D eigenvalue weighted by molar-refractivity contribution is 0.660. The number of para-hydroxylation sites is 2. The fraction of sp³-hybridized carbons (Fsp3) is 0.114. The molecule has 0 radical (unpaired) electrons. The van der Waals surface area contributed by atoms with Crippen LogP contribution in [0.25, 0.3) is 87.7 Å². The fourth-order valence-corrected chi connectivity index (χ4v) is 13.0. The molecule has 2 heterocycles. The van der Waals surface area contributed by atoms with Gasteiger partial charge in [-0.05, 0) is 188 Å². The van der Waals surface area contributed by atoms with Crippen LogP contribution < -0.4 is 9.80 Å². The Hall–Kier alpha value is -8.86. The molecule has 4 nitrogen and oxygen atoms in total. The van der Waals surface area contributed by atoms with Crippen molar-refractivity contribution in [1.82, 2.24) is 0 Å². The number of rotatable bonds is 6. The monoisotopic (exact) mass is 952 g/mol. The van der Waals surface area contributed by atoms with E-state index < -0.39 is 0 Å². The summed E-state index contributed by atoms with van der Waals surface area (Å²) < 4.78 is 13.6. The molecule has 2 aromatic heterocycles. The van der Waals surface area contributed by atoms with Crippen LogP contribution >= 0.6 is 0 Å². The van der Waals surface area contributed by atoms with Crippen LogP contribution in [-0.4, -0.2) is 0 Å². The Morgan fingerprint density at radius 1 is 0.297 bits per heavy atom. The average molecular weight is 953 g/mol. The quantitative estimate of drug-likeness (QED) is 0.166. The van der Waals surface area contributed by atoms with Gasteiger partial charge in [0.1, 0.15) is 22.3 Å². The van der Waals surface area contributed by atoms with Crippen LogP contribution in [-0.2, 0) is 10.8 Å². The zero-order valence-corrected chi connectivity index (χ0v) is 42.3. The number of hydrogen-bond donors (Lipinski definition) is 0. The van der Waals surface area contributed by atoms with Crippen LogP contribution in [0, 0.1) is 13.8 Å². The van der Waals surface area contributed by atoms with Gasteiger partial charge < -0.3 is 18.6 Å². The molecule has 4 heteroatoms. The standard InChI is InChI=1S/C70H52N2O2/c1-41-15-7-13-21-63(41)71(49-27-29-61-53(37-49)51-17-9-11-19-59(51)69(61,3)4)47-25-23-43-33-55-57-39-68-58(40-67(57)73-65(55)35-45(43)31-47)56-34-44-24-26-48(32-46(44)36-66(56)74-68)72(64-22-14-8-16-42(64)2)50-28-30-62-54(38-50)52-18-10-12-20-60(52)70(62,5)6/h7-40H,1-6H3. The lowest BCUT2D eigenvalue weighted by atomic mass is 9.82. The van der Waals surface area contributed by atoms with Crippen molar-refractivity contribution in [2.75, 3.05) is 9.80 Å². The summed E-state index contributed by atoms with van der Waals surface area (Å²) in [7, 11) is 0. The average Bonchev–Trinajstić information content (AvgIpc) is 4.09. The molecule has 11 aromatic carbocycles. The van der Waals surface area contributed by atoms with Crippen molar-refractivity contribution >= 4 is 99.5 Å². The zero-order valence-electron chi connectivity index (χ0n) is 42.3. The molecule has 13 aromatic rings. The third-order valence-electron chi connectivity index (χ3n) is 16.8. The Kier molecular flexibility index (Phi) is 8.87. The van der Waals surface area contributed by atoms with Gasteiger partial charge in [0.15, 0.2) is 0 Å². The maximum absolute atomic E-state index is 6.80. The van der Waals surface area contributed by atoms with Crippen LogP contribution in [0.2, 0.25) is 0 Å². The normalized spacial score (nSPS) is 14.0. The number of furan rings is 2. The van der Waals surface area contributed by atoms with E-state index in [-0.39, 0.29) is 10.8 Å². The first-order chi connectivity index (χ1) is 36.0. The van der Waals surface area contributed by atoms with Crippen LogP contribution in [0.5, 0.6) is 0 Å². The third-order valence-corrected chi connectivity index (χ3v) is 16.8. The highest BCUT2D eigenvalue weighted by Crippen LogP contribution is 2.53. The van der Waals surface area contributed by atoms with Crippen molar-refractivity contribution in [3.63, 3.8) is 0 Å². The summed E-state index contributed by atoms with van der Waals surface area (Å²) in [6.07, 6.45) is 0. The summed E-state index contributed by atoms with van der Waals surface area (Å²) in [5, 5.41) is 8.77. The molecule has 0 saturated carbocycles. The summed E-state index contributed by atoms with van der Waals surface area (Å²) in [6.45, 7) is 13.7. The van der Waals surface area contributed by atoms with Crippen LogP contribution in [0.3, 0.4) is 0 Å². The fourth-order valence-electron chi connectivity index (χ4n) is 13.0. The molecule has 0 N–H and O–H groups in total. The van der Waals surface area contributed by atoms with Crippen LogP contribution in [0.1, 0.15) is 61.1 Å². The van der Waals surface area contributed by atoms with Gasteiger partial charge >= 0.3 is 0 Å². The molecule has 0 spiro atoms. The second-order valence-electron chi connectivity index (χ2n) is 21.9. The molecular formula is C70H52N2O2. The van der Waals surface area contributed by atoms with Gasteiger partial charge in [0.25, 0.3) is 0 Å². The minimum atomic E-state index is -0.0599. The molecule has 2 aliphatic rings. The Morgan fingerprint density at radius 2 is 0.649 bits per heavy atom. The van der Waals surface area contributed by atoms with Crippen molar-refractivity contribution < 1.29 is 8.83 Å². The molecular weight excluding hydrogens is 901 g/mol. The van der Waals surface area contributed by atoms with E-state index in [1.807, 2.05) is 0 Å². The number of fused-ring (bicyclic) bond motifs is 14. The molecule has 0 unspecified atom stereocenters. The molecule has 0 amide bonds. The van der Waals surface area contributed by atoms with Gasteiger partial charge in [0, 0.05) is 66.5 Å². The van der Waals surface area contributed by atoms with E-state index in [1.54, 1.807) is 0 Å². The first kappa shape index (κ1) is 42.8. The molecule has 0 aliphatic heterocycles. The van der Waals surface area contributed by atoms with E-state index in [2.05, 4.69) is 258 Å². The van der Waals surface area contributed by atoms with Gasteiger partial charge in [-0.15, -0.1) is 0 Å². The molecule has 15 rings (SSSR count). The largest absolute Gasteiger partial charge is 0.456 e. The Balaban J connectivity index is 0.816. The predicted molar refractivity (Wildman–Crippen MR) is 310 cm³/mol. The van der Waals surface area contributed by atoms with Gasteiger partial charge in [-0.3, -0.25) is 0 Å². The molecule has 0 atom stereocenters. The number of anilines is 6. The number of hydrogen-bond acceptors (Lipinski definition) is 4. The molecule has 354 valence electrons. The SMILES string of the molecule is Cc1ccccc1N(c1ccc2c(c1)-c1ccccc1C2(C)C)c1ccc2cc3c(cc2c1)oc1cc2c(cc13)oc1cc3cc(N(c4ccc5c(c4)-c4ccccc4C5(C)C)c4ccccc4C)ccc3cc12. The van der Waals surface area contributed by atoms with Crippen molar-refractivity contribution in [2.45, 2.75) is 52.4 Å². The Labute approximate surface area is 430 Å². The summed E-state index contributed by atoms with van der Waals surface area (Å²) in [5.74, 6) is 0. The number of nitrogens with zero attached hydrogens (tertiary/aromatic N) is 2. The Morgan fingerprint density at radius 3 is 1.09 bits per heavy atom. The predicted octanol–water partition coefficient (Wildman–Crippen LogP) is 20.0. The first-order valence-electron chi connectivity index (χ1n) is 25.9. The van der Waals surface area contributed by atoms with Gasteiger partial charge in [-0.1, -0.05) is 137 Å². The van der Waals surface area contributed by atoms with E-state index in [9.17, 15) is 0 Å². The minimum absolute atomic E-state index is 0.0599. The van der Waals surface area contributed by atoms with E-state index in [4.69, 9.17) is 8.83 Å². The molecule has 0 saturated heterocycles. The van der Waals surface area contributed by atoms with Crippen LogP contribution in [0.4, 0.5) is 34.1 Å². The highest BCUT2D eigenvalue weighted by molar-refractivity contribution is 6.18. The molecule has 74 heavy (non-hydrogen) atoms. The summed E-state index contributed by atoms with van der Waals surface area (Å²) in [4.78, 5) is 4.81. The van der Waals surface area contributed by atoms with Crippen molar-refractivity contribution in [2.24, 2.45) is 0 Å². The highest BCUT2D eigenvalue weighted by Gasteiger charge is 2.37. The lowest BCUT2D eigenvalue weighted by Crippen LogP contribution is -2.15. The van der Waals surface area contributed by atoms with Crippen molar-refractivity contribution in [1.29, 1.82) is 0 Å². The van der Waals surface area contributed by atoms with Crippen LogP contribution in [0.15, 0.2) is 215 Å². The van der Waals surface area contributed by atoms with Gasteiger partial charge in [-0.2, -0.15) is 0 Å². The van der Waals surface area contributed by atoms with E-state index >= 15 is 0 Å². The van der Waals surface area contributed by atoms with Crippen molar-refractivity contribution in [3.05, 3.63) is 240 Å². The van der Waals surface area contributed by atoms with Crippen molar-refractivity contribution in [3.8, 4) is 22.3 Å².